The Morgan fingerprint density at radius 1 is 1.24 bits per heavy atom. The zero-order valence-corrected chi connectivity index (χ0v) is 21.0. The number of rotatable bonds is 8. The van der Waals surface area contributed by atoms with E-state index in [1.54, 1.807) is 13.1 Å². The van der Waals surface area contributed by atoms with Crippen LogP contribution in [0.5, 0.6) is 0 Å². The number of carbonyl (C=O) groups excluding carboxylic acids is 1. The molecule has 0 bridgehead atoms. The number of nitrogens with one attached hydrogen (secondary N) is 2. The molecule has 0 aliphatic heterocycles. The number of allylic oxidation sites excluding steroid dienone is 1. The Hall–Kier alpha value is -3.28. The molecule has 6 nitrogen and oxygen atoms in total. The second-order valence-corrected chi connectivity index (χ2v) is 8.55. The molecule has 2 N–H and O–H groups in total. The van der Waals surface area contributed by atoms with Crippen LogP contribution in [-0.4, -0.2) is 26.9 Å². The monoisotopic (exact) mass is 447 g/mol. The van der Waals surface area contributed by atoms with E-state index in [0.717, 1.165) is 46.4 Å². The lowest BCUT2D eigenvalue weighted by Crippen LogP contribution is -2.00. The number of aliphatic imine (C=N–C) groups is 1. The van der Waals surface area contributed by atoms with Gasteiger partial charge in [0.2, 0.25) is 5.95 Å². The molecule has 3 rings (SSSR count). The van der Waals surface area contributed by atoms with Crippen molar-refractivity contribution in [3.8, 4) is 0 Å². The van der Waals surface area contributed by atoms with Crippen molar-refractivity contribution in [2.75, 3.05) is 5.32 Å². The smallest absolute Gasteiger partial charge is 0.227 e. The maximum Gasteiger partial charge on any atom is 0.227 e. The second kappa shape index (κ2) is 12.7. The largest absolute Gasteiger partial charge is 0.352 e. The molecular formula is C27H37N5O. The third-order valence-corrected chi connectivity index (χ3v) is 4.86. The summed E-state index contributed by atoms with van der Waals surface area (Å²) in [6.45, 7) is 14.2. The highest BCUT2D eigenvalue weighted by atomic mass is 16.1. The summed E-state index contributed by atoms with van der Waals surface area (Å²) in [6, 6.07) is 7.73. The number of hydrogen-bond donors (Lipinski definition) is 2. The van der Waals surface area contributed by atoms with Gasteiger partial charge in [0, 0.05) is 35.9 Å². The minimum atomic E-state index is 0.0176. The predicted octanol–water partition coefficient (Wildman–Crippen LogP) is 7.50. The zero-order valence-electron chi connectivity index (χ0n) is 21.0. The normalized spacial score (nSPS) is 11.7. The Morgan fingerprint density at radius 2 is 1.97 bits per heavy atom. The van der Waals surface area contributed by atoms with Crippen molar-refractivity contribution in [2.45, 2.75) is 67.7 Å². The maximum atomic E-state index is 11.7. The van der Waals surface area contributed by atoms with Gasteiger partial charge in [-0.05, 0) is 62.4 Å². The van der Waals surface area contributed by atoms with E-state index < -0.39 is 0 Å². The number of aromatic amines is 1. The highest BCUT2D eigenvalue weighted by molar-refractivity contribution is 5.99. The van der Waals surface area contributed by atoms with Gasteiger partial charge in [0.15, 0.2) is 5.78 Å². The molecule has 0 aliphatic carbocycles. The van der Waals surface area contributed by atoms with Gasteiger partial charge in [0.05, 0.1) is 17.1 Å². The van der Waals surface area contributed by atoms with Crippen LogP contribution >= 0.6 is 0 Å². The number of H-pyrrole nitrogens is 1. The van der Waals surface area contributed by atoms with Crippen LogP contribution in [0.1, 0.15) is 82.6 Å². The molecular weight excluding hydrogens is 410 g/mol. The molecule has 2 aromatic heterocycles. The van der Waals surface area contributed by atoms with Gasteiger partial charge in [-0.15, -0.1) is 0 Å². The number of ketones is 1. The average Bonchev–Trinajstić information content (AvgIpc) is 3.20. The number of benzene rings is 1. The van der Waals surface area contributed by atoms with Crippen molar-refractivity contribution in [2.24, 2.45) is 10.9 Å². The Kier molecular flexibility index (Phi) is 9.98. The summed E-state index contributed by atoms with van der Waals surface area (Å²) in [5.74, 6) is 1.18. The van der Waals surface area contributed by atoms with E-state index in [-0.39, 0.29) is 5.78 Å². The molecule has 0 atom stereocenters. The molecule has 0 saturated carbocycles. The number of aryl methyl sites for hydroxylation is 1. The Labute approximate surface area is 197 Å². The number of aromatic nitrogens is 3. The molecule has 2 heterocycles. The first-order valence-corrected chi connectivity index (χ1v) is 11.7. The summed E-state index contributed by atoms with van der Waals surface area (Å²) in [4.78, 5) is 28.4. The second-order valence-electron chi connectivity index (χ2n) is 8.55. The number of fused-ring (bicyclic) bond motifs is 1. The number of anilines is 2. The van der Waals surface area contributed by atoms with Gasteiger partial charge in [-0.25, -0.2) is 9.97 Å². The average molecular weight is 448 g/mol. The highest BCUT2D eigenvalue weighted by Crippen LogP contribution is 2.26. The van der Waals surface area contributed by atoms with E-state index in [1.807, 2.05) is 50.4 Å². The van der Waals surface area contributed by atoms with Crippen LogP contribution in [0.4, 0.5) is 11.6 Å². The van der Waals surface area contributed by atoms with Gasteiger partial charge in [-0.1, -0.05) is 40.2 Å². The van der Waals surface area contributed by atoms with Crippen molar-refractivity contribution < 1.29 is 4.79 Å². The lowest BCUT2D eigenvalue weighted by atomic mass is 10.1. The first-order chi connectivity index (χ1) is 15.8. The first-order valence-electron chi connectivity index (χ1n) is 11.7. The van der Waals surface area contributed by atoms with Crippen LogP contribution in [0, 0.1) is 12.8 Å². The summed E-state index contributed by atoms with van der Waals surface area (Å²) >= 11 is 0. The number of nitrogens with zero attached hydrogens (tertiary/aromatic N) is 3. The molecule has 3 aromatic rings. The van der Waals surface area contributed by atoms with Crippen molar-refractivity contribution in [3.63, 3.8) is 0 Å². The fourth-order valence-corrected chi connectivity index (χ4v) is 3.24. The standard InChI is InChI=1S/C24H29N5O.C3H8/c1-6-20(25-10-7-8-15(2)3)21-9-11-26-24(29-21)27-19-12-16(4)23-18(13-19)14-22(28-23)17(5)30;1-3-2/h6,9-15,28H,7-8H2,1-5H3,(H,26,27,29);3H2,1-2H3/b20-6-,25-10?;. The number of Topliss-reactive ketones (excluding diaryl/α,β-unsaturated/α-hetero) is 1. The van der Waals surface area contributed by atoms with Gasteiger partial charge in [0.25, 0.3) is 0 Å². The summed E-state index contributed by atoms with van der Waals surface area (Å²) in [6.07, 6.45) is 8.96. The Balaban J connectivity index is 0.00000122. The molecule has 0 amide bonds. The van der Waals surface area contributed by atoms with Crippen molar-refractivity contribution in [1.82, 2.24) is 15.0 Å². The molecule has 176 valence electrons. The summed E-state index contributed by atoms with van der Waals surface area (Å²) in [5.41, 5.74) is 5.09. The van der Waals surface area contributed by atoms with Gasteiger partial charge >= 0.3 is 0 Å². The molecule has 0 fully saturated rings. The van der Waals surface area contributed by atoms with Crippen molar-refractivity contribution >= 4 is 40.2 Å². The van der Waals surface area contributed by atoms with Crippen molar-refractivity contribution in [1.29, 1.82) is 0 Å². The van der Waals surface area contributed by atoms with Crippen LogP contribution in [0.3, 0.4) is 0 Å². The summed E-state index contributed by atoms with van der Waals surface area (Å²) in [7, 11) is 0. The Morgan fingerprint density at radius 3 is 2.61 bits per heavy atom. The fraction of sp³-hybridized carbons (Fsp3) is 0.407. The van der Waals surface area contributed by atoms with Crippen LogP contribution in [0.15, 0.2) is 41.5 Å². The molecule has 6 heteroatoms. The van der Waals surface area contributed by atoms with E-state index in [0.29, 0.717) is 17.6 Å². The van der Waals surface area contributed by atoms with Crippen LogP contribution < -0.4 is 5.32 Å². The molecule has 33 heavy (non-hydrogen) atoms. The summed E-state index contributed by atoms with van der Waals surface area (Å²) in [5, 5.41) is 4.25. The van der Waals surface area contributed by atoms with Crippen LogP contribution in [-0.2, 0) is 0 Å². The topological polar surface area (TPSA) is 83.0 Å². The lowest BCUT2D eigenvalue weighted by molar-refractivity contribution is 0.101. The van der Waals surface area contributed by atoms with Crippen molar-refractivity contribution in [3.05, 3.63) is 53.5 Å². The van der Waals surface area contributed by atoms with E-state index in [4.69, 9.17) is 0 Å². The quantitative estimate of drug-likeness (QED) is 0.277. The minimum Gasteiger partial charge on any atom is -0.352 e. The third-order valence-electron chi connectivity index (χ3n) is 4.86. The van der Waals surface area contributed by atoms with Gasteiger partial charge in [-0.3, -0.25) is 9.79 Å². The molecule has 0 radical (unpaired) electrons. The Bertz CT molecular complexity index is 1120. The molecule has 0 aliphatic rings. The van der Waals surface area contributed by atoms with Gasteiger partial charge in [0.1, 0.15) is 0 Å². The molecule has 0 spiro atoms. The number of hydrogen-bond acceptors (Lipinski definition) is 5. The van der Waals surface area contributed by atoms with E-state index in [1.165, 1.54) is 6.42 Å². The fourth-order valence-electron chi connectivity index (χ4n) is 3.24. The lowest BCUT2D eigenvalue weighted by Gasteiger charge is -2.08. The molecule has 1 aromatic carbocycles. The molecule has 0 unspecified atom stereocenters. The van der Waals surface area contributed by atoms with Gasteiger partial charge in [-0.2, -0.15) is 0 Å². The van der Waals surface area contributed by atoms with Crippen LogP contribution in [0.25, 0.3) is 16.6 Å². The minimum absolute atomic E-state index is 0.0176. The third kappa shape index (κ3) is 7.67. The maximum absolute atomic E-state index is 11.7. The predicted molar refractivity (Wildman–Crippen MR) is 141 cm³/mol. The number of carbonyl (C=O) groups is 1. The molecule has 0 saturated heterocycles. The van der Waals surface area contributed by atoms with E-state index in [2.05, 4.69) is 53.0 Å². The zero-order chi connectivity index (χ0) is 24.4. The SMILES string of the molecule is C/C=C(\N=CCCC(C)C)c1ccnc(Nc2cc(C)c3[nH]c(C(C)=O)cc3c2)n1.CCC. The summed E-state index contributed by atoms with van der Waals surface area (Å²) < 4.78 is 0. The van der Waals surface area contributed by atoms with E-state index >= 15 is 0 Å². The first kappa shape index (κ1) is 26.0. The highest BCUT2D eigenvalue weighted by Gasteiger charge is 2.10. The van der Waals surface area contributed by atoms with E-state index in [9.17, 15) is 4.79 Å². The van der Waals surface area contributed by atoms with Gasteiger partial charge < -0.3 is 10.3 Å². The van der Waals surface area contributed by atoms with Crippen LogP contribution in [0.2, 0.25) is 0 Å².